The van der Waals surface area contributed by atoms with Crippen LogP contribution in [0.3, 0.4) is 0 Å². The van der Waals surface area contributed by atoms with Crippen LogP contribution in [0.2, 0.25) is 5.02 Å². The van der Waals surface area contributed by atoms with Gasteiger partial charge in [-0.05, 0) is 48.1 Å². The lowest BCUT2D eigenvalue weighted by atomic mass is 9.90. The number of fused-ring (bicyclic) bond motifs is 2. The van der Waals surface area contributed by atoms with Crippen LogP contribution in [-0.2, 0) is 0 Å². The molecule has 1 aliphatic heterocycles. The minimum Gasteiger partial charge on any atom is -0.440 e. The summed E-state index contributed by atoms with van der Waals surface area (Å²) in [7, 11) is 0. The molecule has 2 aromatic heterocycles. The van der Waals surface area contributed by atoms with Crippen LogP contribution >= 0.6 is 36.0 Å². The first-order valence-electron chi connectivity index (χ1n) is 9.04. The Hall–Kier alpha value is -3.00. The monoisotopic (exact) mass is 452 g/mol. The first-order valence-corrected chi connectivity index (χ1v) is 10.2. The highest BCUT2D eigenvalue weighted by molar-refractivity contribution is 7.72. The van der Waals surface area contributed by atoms with Crippen LogP contribution in [0.25, 0.3) is 16.7 Å². The molecular formula is C22H13ClN2O3S2. The molecule has 2 N–H and O–H groups in total. The summed E-state index contributed by atoms with van der Waals surface area (Å²) in [6.07, 6.45) is 1.85. The second-order valence-corrected chi connectivity index (χ2v) is 8.05. The minimum absolute atomic E-state index is 0.275. The fraction of sp³-hybridized carbons (Fsp3) is 0.0455. The van der Waals surface area contributed by atoms with Crippen molar-refractivity contribution in [2.24, 2.45) is 0 Å². The molecule has 0 fully saturated rings. The topological polar surface area (TPSA) is 71.0 Å². The number of aromatic nitrogens is 2. The van der Waals surface area contributed by atoms with Crippen molar-refractivity contribution in [2.75, 3.05) is 0 Å². The van der Waals surface area contributed by atoms with Gasteiger partial charge < -0.3 is 19.1 Å². The number of hydrogen-bond donors (Lipinski definition) is 2. The minimum atomic E-state index is -0.488. The van der Waals surface area contributed by atoms with E-state index in [1.54, 1.807) is 12.1 Å². The molecule has 4 aromatic rings. The Balaban J connectivity index is 1.75. The Morgan fingerprint density at radius 3 is 2.57 bits per heavy atom. The van der Waals surface area contributed by atoms with Crippen LogP contribution in [0.4, 0.5) is 0 Å². The molecule has 0 bridgehead atoms. The summed E-state index contributed by atoms with van der Waals surface area (Å²) in [5.74, 6) is 0.490. The third-order valence-corrected chi connectivity index (χ3v) is 5.70. The predicted octanol–water partition coefficient (Wildman–Crippen LogP) is 6.13. The van der Waals surface area contributed by atoms with E-state index in [1.165, 1.54) is 0 Å². The Labute approximate surface area is 185 Å². The quantitative estimate of drug-likeness (QED) is 0.283. The van der Waals surface area contributed by atoms with Gasteiger partial charge >= 0.3 is 5.63 Å². The lowest BCUT2D eigenvalue weighted by Gasteiger charge is -2.24. The molecule has 8 heteroatoms. The third-order valence-electron chi connectivity index (χ3n) is 4.92. The van der Waals surface area contributed by atoms with E-state index >= 15 is 0 Å². The summed E-state index contributed by atoms with van der Waals surface area (Å²) in [4.78, 5) is 18.7. The zero-order chi connectivity index (χ0) is 20.8. The van der Waals surface area contributed by atoms with Crippen LogP contribution in [-0.4, -0.2) is 9.97 Å². The van der Waals surface area contributed by atoms with Crippen LogP contribution in [0, 0.1) is 9.41 Å². The van der Waals surface area contributed by atoms with E-state index in [0.717, 1.165) is 16.5 Å². The maximum Gasteiger partial charge on any atom is 0.347 e. The normalized spacial score (nSPS) is 15.4. The van der Waals surface area contributed by atoms with Crippen molar-refractivity contribution in [3.8, 4) is 5.88 Å². The molecule has 0 amide bonds. The number of nitrogens with one attached hydrogen (secondary N) is 2. The number of ether oxygens (including phenoxy) is 1. The molecule has 3 heterocycles. The van der Waals surface area contributed by atoms with Crippen molar-refractivity contribution in [3.63, 3.8) is 0 Å². The van der Waals surface area contributed by atoms with Gasteiger partial charge in [0, 0.05) is 16.3 Å². The van der Waals surface area contributed by atoms with E-state index in [1.807, 2.05) is 48.5 Å². The lowest BCUT2D eigenvalue weighted by Crippen LogP contribution is -2.17. The maximum absolute atomic E-state index is 12.7. The largest absolute Gasteiger partial charge is 0.440 e. The Morgan fingerprint density at radius 2 is 1.77 bits per heavy atom. The van der Waals surface area contributed by atoms with Crippen LogP contribution in [0.15, 0.2) is 69.9 Å². The molecular weight excluding hydrogens is 440 g/mol. The van der Waals surface area contributed by atoms with E-state index in [9.17, 15) is 4.79 Å². The van der Waals surface area contributed by atoms with Gasteiger partial charge in [0.05, 0.1) is 5.56 Å². The van der Waals surface area contributed by atoms with Crippen molar-refractivity contribution in [3.05, 3.63) is 102 Å². The van der Waals surface area contributed by atoms with Gasteiger partial charge in [0.15, 0.2) is 4.77 Å². The van der Waals surface area contributed by atoms with Gasteiger partial charge in [-0.15, -0.1) is 0 Å². The summed E-state index contributed by atoms with van der Waals surface area (Å²) >= 11 is 16.8. The highest BCUT2D eigenvalue weighted by Gasteiger charge is 2.28. The van der Waals surface area contributed by atoms with Gasteiger partial charge in [-0.2, -0.15) is 0 Å². The summed E-state index contributed by atoms with van der Waals surface area (Å²) in [5.41, 5.74) is 2.01. The highest BCUT2D eigenvalue weighted by Crippen LogP contribution is 2.40. The zero-order valence-corrected chi connectivity index (χ0v) is 17.7. The van der Waals surface area contributed by atoms with Gasteiger partial charge in [0.2, 0.25) is 5.88 Å². The van der Waals surface area contributed by atoms with Crippen molar-refractivity contribution >= 4 is 52.8 Å². The second kappa shape index (κ2) is 7.36. The molecule has 0 saturated carbocycles. The van der Waals surface area contributed by atoms with Crippen LogP contribution < -0.4 is 10.4 Å². The van der Waals surface area contributed by atoms with E-state index in [-0.39, 0.29) is 5.92 Å². The summed E-state index contributed by atoms with van der Waals surface area (Å²) in [5, 5.41) is 1.42. The molecule has 0 aliphatic carbocycles. The summed E-state index contributed by atoms with van der Waals surface area (Å²) in [6.45, 7) is 0. The molecule has 1 unspecified atom stereocenters. The second-order valence-electron chi connectivity index (χ2n) is 6.80. The fourth-order valence-corrected chi connectivity index (χ4v) is 4.24. The number of rotatable bonds is 2. The van der Waals surface area contributed by atoms with Gasteiger partial charge in [-0.3, -0.25) is 0 Å². The molecule has 0 radical (unpaired) electrons. The summed E-state index contributed by atoms with van der Waals surface area (Å²) < 4.78 is 12.3. The van der Waals surface area contributed by atoms with Crippen molar-refractivity contribution in [1.29, 1.82) is 0 Å². The Bertz CT molecular complexity index is 1500. The van der Waals surface area contributed by atoms with E-state index in [0.29, 0.717) is 37.2 Å². The number of hydrogen-bond acceptors (Lipinski definition) is 5. The van der Waals surface area contributed by atoms with Gasteiger partial charge in [0.25, 0.3) is 0 Å². The molecule has 30 heavy (non-hydrogen) atoms. The van der Waals surface area contributed by atoms with E-state index < -0.39 is 5.63 Å². The molecule has 0 saturated heterocycles. The van der Waals surface area contributed by atoms with Crippen molar-refractivity contribution in [1.82, 2.24) is 9.97 Å². The van der Waals surface area contributed by atoms with Gasteiger partial charge in [0.1, 0.15) is 21.5 Å². The highest BCUT2D eigenvalue weighted by atomic mass is 35.5. The number of benzene rings is 2. The molecule has 1 atom stereocenters. The average Bonchev–Trinajstić information content (AvgIpc) is 2.72. The van der Waals surface area contributed by atoms with Gasteiger partial charge in [-0.25, -0.2) is 4.79 Å². The SMILES string of the molecule is O=c1oc2ccccc2cc1C1=CC(c2ccc(Cl)cc2)c2c([nH]c(=S)[nH]c2=S)O1. The zero-order valence-electron chi connectivity index (χ0n) is 15.3. The molecule has 2 aromatic carbocycles. The smallest absolute Gasteiger partial charge is 0.347 e. The predicted molar refractivity (Wildman–Crippen MR) is 121 cm³/mol. The van der Waals surface area contributed by atoms with Crippen molar-refractivity contribution < 1.29 is 9.15 Å². The lowest BCUT2D eigenvalue weighted by molar-refractivity contribution is 0.460. The first-order chi connectivity index (χ1) is 14.5. The Kier molecular flexibility index (Phi) is 4.66. The van der Waals surface area contributed by atoms with Crippen LogP contribution in [0.5, 0.6) is 5.88 Å². The molecule has 0 spiro atoms. The third kappa shape index (κ3) is 3.31. The molecule has 5 nitrogen and oxygen atoms in total. The number of halogens is 1. The van der Waals surface area contributed by atoms with Gasteiger partial charge in [-0.1, -0.05) is 54.2 Å². The first kappa shape index (κ1) is 19.0. The molecule has 5 rings (SSSR count). The van der Waals surface area contributed by atoms with E-state index in [2.05, 4.69) is 9.97 Å². The maximum atomic E-state index is 12.7. The number of aromatic amines is 2. The van der Waals surface area contributed by atoms with Crippen molar-refractivity contribution in [2.45, 2.75) is 5.92 Å². The van der Waals surface area contributed by atoms with Crippen LogP contribution in [0.1, 0.15) is 22.6 Å². The standard InChI is InChI=1S/C22H13ClN2O3S2/c23-13-7-5-11(6-8-13)14-10-17(27-19-18(14)20(29)25-22(30)24-19)15-9-12-3-1-2-4-16(12)28-21(15)26/h1-10,14H,(H2,24,25,29,30). The number of para-hydroxylation sites is 1. The number of H-pyrrole nitrogens is 2. The Morgan fingerprint density at radius 1 is 1.00 bits per heavy atom. The average molecular weight is 453 g/mol. The summed E-state index contributed by atoms with van der Waals surface area (Å²) in [6, 6.07) is 16.5. The fourth-order valence-electron chi connectivity index (χ4n) is 3.53. The molecule has 1 aliphatic rings. The van der Waals surface area contributed by atoms with E-state index in [4.69, 9.17) is 45.2 Å². The molecule has 148 valence electrons. The number of allylic oxidation sites excluding steroid dienone is 1.